The maximum Gasteiger partial charge on any atom is 0.269 e. The minimum Gasteiger partial charge on any atom is -0.356 e. The molecule has 2 aliphatic rings. The Morgan fingerprint density at radius 2 is 1.93 bits per heavy atom. The number of hydrogen-bond donors (Lipinski definition) is 1. The smallest absolute Gasteiger partial charge is 0.269 e. The van der Waals surface area contributed by atoms with Crippen molar-refractivity contribution in [2.45, 2.75) is 18.5 Å². The van der Waals surface area contributed by atoms with Gasteiger partial charge in [-0.05, 0) is 17.2 Å². The highest BCUT2D eigenvalue weighted by atomic mass is 16.6. The van der Waals surface area contributed by atoms with Crippen molar-refractivity contribution in [3.05, 3.63) is 75.5 Å². The fourth-order valence-corrected chi connectivity index (χ4v) is 4.56. The molecule has 2 aliphatic heterocycles. The van der Waals surface area contributed by atoms with Gasteiger partial charge < -0.3 is 14.8 Å². The standard InChI is InChI=1S/C21H18N4O4/c1-23-11-18(26)24-17(21(23)27)10-15-14-7-2-3-8-16(14)22-19(15)20(24)12-5-4-6-13(9-12)25(28)29/h2-9,17,20,22H,10-11H2,1H3/t17-,20+/m1/s1. The average Bonchev–Trinajstić information content (AvgIpc) is 3.09. The molecule has 3 heterocycles. The normalized spacial score (nSPS) is 21.3. The van der Waals surface area contributed by atoms with Gasteiger partial charge in [0.25, 0.3) is 5.69 Å². The van der Waals surface area contributed by atoms with E-state index in [0.29, 0.717) is 12.0 Å². The molecular formula is C21H18N4O4. The van der Waals surface area contributed by atoms with Crippen molar-refractivity contribution in [2.24, 2.45) is 0 Å². The summed E-state index contributed by atoms with van der Waals surface area (Å²) in [6, 6.07) is 12.9. The molecule has 5 rings (SSSR count). The summed E-state index contributed by atoms with van der Waals surface area (Å²) in [7, 11) is 1.63. The van der Waals surface area contributed by atoms with Gasteiger partial charge in [0, 0.05) is 42.2 Å². The average molecular weight is 390 g/mol. The Hall–Kier alpha value is -3.68. The van der Waals surface area contributed by atoms with Gasteiger partial charge in [0.15, 0.2) is 0 Å². The zero-order valence-corrected chi connectivity index (χ0v) is 15.7. The van der Waals surface area contributed by atoms with Gasteiger partial charge in [-0.15, -0.1) is 0 Å². The van der Waals surface area contributed by atoms with Crippen LogP contribution in [0.25, 0.3) is 10.9 Å². The van der Waals surface area contributed by atoms with E-state index in [1.54, 1.807) is 24.1 Å². The lowest BCUT2D eigenvalue weighted by Gasteiger charge is -2.46. The van der Waals surface area contributed by atoms with E-state index in [-0.39, 0.29) is 24.0 Å². The minimum atomic E-state index is -0.628. The molecule has 1 aromatic heterocycles. The number of carbonyl (C=O) groups excluding carboxylic acids is 2. The van der Waals surface area contributed by atoms with Crippen molar-refractivity contribution in [1.82, 2.24) is 14.8 Å². The van der Waals surface area contributed by atoms with E-state index in [2.05, 4.69) is 4.98 Å². The van der Waals surface area contributed by atoms with Crippen LogP contribution in [0.4, 0.5) is 5.69 Å². The van der Waals surface area contributed by atoms with Crippen LogP contribution in [-0.4, -0.2) is 51.2 Å². The molecule has 1 fully saturated rings. The van der Waals surface area contributed by atoms with Gasteiger partial charge in [0.2, 0.25) is 11.8 Å². The van der Waals surface area contributed by atoms with Crippen molar-refractivity contribution in [2.75, 3.05) is 13.6 Å². The number of nitro groups is 1. The topological polar surface area (TPSA) is 99.5 Å². The van der Waals surface area contributed by atoms with E-state index in [4.69, 9.17) is 0 Å². The van der Waals surface area contributed by atoms with Crippen LogP contribution in [0.5, 0.6) is 0 Å². The van der Waals surface area contributed by atoms with Gasteiger partial charge in [-0.3, -0.25) is 19.7 Å². The monoisotopic (exact) mass is 390 g/mol. The largest absolute Gasteiger partial charge is 0.356 e. The van der Waals surface area contributed by atoms with Crippen LogP contribution in [0.1, 0.15) is 22.9 Å². The second-order valence-electron chi connectivity index (χ2n) is 7.53. The number of fused-ring (bicyclic) bond motifs is 4. The molecule has 146 valence electrons. The number of aromatic amines is 1. The predicted molar refractivity (Wildman–Crippen MR) is 105 cm³/mol. The van der Waals surface area contributed by atoms with Gasteiger partial charge in [0.05, 0.1) is 17.5 Å². The molecule has 0 unspecified atom stereocenters. The van der Waals surface area contributed by atoms with Crippen molar-refractivity contribution in [3.8, 4) is 0 Å². The predicted octanol–water partition coefficient (Wildman–Crippen LogP) is 2.39. The number of para-hydroxylation sites is 1. The van der Waals surface area contributed by atoms with Gasteiger partial charge in [-0.1, -0.05) is 30.3 Å². The zero-order chi connectivity index (χ0) is 20.3. The number of nitrogens with one attached hydrogen (secondary N) is 1. The highest BCUT2D eigenvalue weighted by Crippen LogP contribution is 2.42. The molecule has 3 aromatic rings. The number of benzene rings is 2. The van der Waals surface area contributed by atoms with Gasteiger partial charge in [0.1, 0.15) is 6.04 Å². The van der Waals surface area contributed by atoms with E-state index in [9.17, 15) is 19.7 Å². The maximum absolute atomic E-state index is 13.0. The number of rotatable bonds is 2. The third-order valence-electron chi connectivity index (χ3n) is 5.85. The lowest BCUT2D eigenvalue weighted by molar-refractivity contribution is -0.384. The zero-order valence-electron chi connectivity index (χ0n) is 15.7. The Kier molecular flexibility index (Phi) is 3.70. The van der Waals surface area contributed by atoms with Crippen LogP contribution in [0.15, 0.2) is 48.5 Å². The number of carbonyl (C=O) groups is 2. The van der Waals surface area contributed by atoms with Gasteiger partial charge in [-0.2, -0.15) is 0 Å². The lowest BCUT2D eigenvalue weighted by Crippen LogP contribution is -2.62. The molecular weight excluding hydrogens is 372 g/mol. The Bertz CT molecular complexity index is 1180. The number of nitrogens with zero attached hydrogens (tertiary/aromatic N) is 3. The first-order chi connectivity index (χ1) is 14.0. The quantitative estimate of drug-likeness (QED) is 0.536. The second-order valence-corrected chi connectivity index (χ2v) is 7.53. The molecule has 0 saturated carbocycles. The van der Waals surface area contributed by atoms with Crippen LogP contribution in [0.3, 0.4) is 0 Å². The van der Waals surface area contributed by atoms with Crippen LogP contribution in [-0.2, 0) is 16.0 Å². The molecule has 0 radical (unpaired) electrons. The summed E-state index contributed by atoms with van der Waals surface area (Å²) in [4.78, 5) is 43.3. The third kappa shape index (κ3) is 2.52. The molecule has 0 spiro atoms. The number of hydrogen-bond acceptors (Lipinski definition) is 4. The van der Waals surface area contributed by atoms with E-state index in [1.165, 1.54) is 17.0 Å². The number of piperazine rings is 1. The summed E-state index contributed by atoms with van der Waals surface area (Å²) >= 11 is 0. The Morgan fingerprint density at radius 1 is 1.14 bits per heavy atom. The first-order valence-corrected chi connectivity index (χ1v) is 9.35. The molecule has 29 heavy (non-hydrogen) atoms. The Balaban J connectivity index is 1.76. The van der Waals surface area contributed by atoms with E-state index < -0.39 is 17.0 Å². The fourth-order valence-electron chi connectivity index (χ4n) is 4.56. The number of nitro benzene ring substituents is 1. The summed E-state index contributed by atoms with van der Waals surface area (Å²) in [5, 5.41) is 12.3. The van der Waals surface area contributed by atoms with Crippen LogP contribution in [0, 0.1) is 10.1 Å². The number of amides is 2. The molecule has 8 nitrogen and oxygen atoms in total. The van der Waals surface area contributed by atoms with E-state index in [1.807, 2.05) is 24.3 Å². The minimum absolute atomic E-state index is 0.00365. The first kappa shape index (κ1) is 17.4. The molecule has 8 heteroatoms. The molecule has 1 saturated heterocycles. The fraction of sp³-hybridized carbons (Fsp3) is 0.238. The summed E-state index contributed by atoms with van der Waals surface area (Å²) in [6.07, 6.45) is 0.416. The summed E-state index contributed by atoms with van der Waals surface area (Å²) in [6.45, 7) is -0.00365. The SMILES string of the molecule is CN1CC(=O)N2[C@@H](c3cccc([N+](=O)[O-])c3)c3[nH]c4ccccc4c3C[C@@H]2C1=O. The number of H-pyrrole nitrogens is 1. The Morgan fingerprint density at radius 3 is 2.72 bits per heavy atom. The molecule has 2 aromatic carbocycles. The maximum atomic E-state index is 13.0. The van der Waals surface area contributed by atoms with Crippen molar-refractivity contribution in [3.63, 3.8) is 0 Å². The van der Waals surface area contributed by atoms with Crippen molar-refractivity contribution >= 4 is 28.4 Å². The van der Waals surface area contributed by atoms with Crippen LogP contribution < -0.4 is 0 Å². The number of aromatic nitrogens is 1. The molecule has 2 amide bonds. The van der Waals surface area contributed by atoms with Gasteiger partial charge in [-0.25, -0.2) is 0 Å². The molecule has 0 bridgehead atoms. The highest BCUT2D eigenvalue weighted by molar-refractivity contribution is 5.97. The van der Waals surface area contributed by atoms with E-state index >= 15 is 0 Å². The molecule has 0 aliphatic carbocycles. The lowest BCUT2D eigenvalue weighted by atomic mass is 9.86. The first-order valence-electron chi connectivity index (χ1n) is 9.35. The third-order valence-corrected chi connectivity index (χ3v) is 5.85. The molecule has 2 atom stereocenters. The summed E-state index contributed by atoms with van der Waals surface area (Å²) in [5.74, 6) is -0.283. The number of non-ortho nitro benzene ring substituents is 1. The summed E-state index contributed by atoms with van der Waals surface area (Å²) < 4.78 is 0. The van der Waals surface area contributed by atoms with Crippen molar-refractivity contribution in [1.29, 1.82) is 0 Å². The van der Waals surface area contributed by atoms with Gasteiger partial charge >= 0.3 is 0 Å². The van der Waals surface area contributed by atoms with Crippen molar-refractivity contribution < 1.29 is 14.5 Å². The van der Waals surface area contributed by atoms with Crippen LogP contribution >= 0.6 is 0 Å². The highest BCUT2D eigenvalue weighted by Gasteiger charge is 2.47. The van der Waals surface area contributed by atoms with Crippen LogP contribution in [0.2, 0.25) is 0 Å². The summed E-state index contributed by atoms with van der Waals surface area (Å²) in [5.41, 5.74) is 3.28. The molecule has 1 N–H and O–H groups in total. The Labute approximate surface area is 165 Å². The second kappa shape index (κ2) is 6.16. The van der Waals surface area contributed by atoms with E-state index in [0.717, 1.165) is 22.2 Å². The number of likely N-dealkylation sites (N-methyl/N-ethyl adjacent to an activating group) is 1.